The Balaban J connectivity index is 1.94. The molecule has 1 heterocycles. The number of benzene rings is 1. The topological polar surface area (TPSA) is 79.4 Å². The molecular formula is C17H21N3O3S. The van der Waals surface area contributed by atoms with E-state index in [9.17, 15) is 13.2 Å². The van der Waals surface area contributed by atoms with E-state index in [0.29, 0.717) is 17.8 Å². The minimum atomic E-state index is -3.40. The standard InChI is InChI=1S/C17H21N3O3S/c1-14-7-9-16(10-8-14)20(24(2,22)23)12-4-6-17(21)19-15-5-3-11-18-13-15/h3,5,7-11,13H,4,6,12H2,1-2H3,(H,19,21). The smallest absolute Gasteiger partial charge is 0.232 e. The van der Waals surface area contributed by atoms with E-state index >= 15 is 0 Å². The van der Waals surface area contributed by atoms with Crippen LogP contribution in [-0.2, 0) is 14.8 Å². The first-order chi connectivity index (χ1) is 11.4. The molecule has 1 amide bonds. The van der Waals surface area contributed by atoms with E-state index in [0.717, 1.165) is 5.56 Å². The zero-order valence-electron chi connectivity index (χ0n) is 13.8. The normalized spacial score (nSPS) is 11.1. The van der Waals surface area contributed by atoms with Gasteiger partial charge in [-0.25, -0.2) is 8.42 Å². The van der Waals surface area contributed by atoms with Gasteiger partial charge in [-0.05, 0) is 37.6 Å². The van der Waals surface area contributed by atoms with E-state index in [1.807, 2.05) is 19.1 Å². The summed E-state index contributed by atoms with van der Waals surface area (Å²) in [5, 5.41) is 2.73. The lowest BCUT2D eigenvalue weighted by Gasteiger charge is -2.22. The molecule has 2 aromatic rings. The Bertz CT molecular complexity index is 774. The third-order valence-corrected chi connectivity index (χ3v) is 4.63. The molecule has 0 atom stereocenters. The summed E-state index contributed by atoms with van der Waals surface area (Å²) in [6, 6.07) is 10.8. The molecule has 0 aliphatic rings. The summed E-state index contributed by atoms with van der Waals surface area (Å²) < 4.78 is 25.3. The lowest BCUT2D eigenvalue weighted by molar-refractivity contribution is -0.116. The lowest BCUT2D eigenvalue weighted by Crippen LogP contribution is -2.31. The molecular weight excluding hydrogens is 326 g/mol. The Kier molecular flexibility index (Phi) is 5.92. The molecule has 1 N–H and O–H groups in total. The van der Waals surface area contributed by atoms with Crippen LogP contribution in [0.4, 0.5) is 11.4 Å². The fourth-order valence-corrected chi connectivity index (χ4v) is 3.21. The first kappa shape index (κ1) is 17.9. The van der Waals surface area contributed by atoms with Crippen LogP contribution in [0.15, 0.2) is 48.8 Å². The van der Waals surface area contributed by atoms with Gasteiger partial charge in [0, 0.05) is 19.2 Å². The van der Waals surface area contributed by atoms with Crippen molar-refractivity contribution >= 4 is 27.3 Å². The van der Waals surface area contributed by atoms with Gasteiger partial charge in [-0.2, -0.15) is 0 Å². The average Bonchev–Trinajstić information content (AvgIpc) is 2.52. The van der Waals surface area contributed by atoms with Crippen LogP contribution >= 0.6 is 0 Å². The summed E-state index contributed by atoms with van der Waals surface area (Å²) in [6.45, 7) is 2.19. The van der Waals surface area contributed by atoms with Gasteiger partial charge in [0.1, 0.15) is 0 Å². The summed E-state index contributed by atoms with van der Waals surface area (Å²) in [5.74, 6) is -0.166. The fourth-order valence-electron chi connectivity index (χ4n) is 2.24. The molecule has 1 aromatic carbocycles. The molecule has 0 aliphatic carbocycles. The van der Waals surface area contributed by atoms with Crippen molar-refractivity contribution in [2.45, 2.75) is 19.8 Å². The highest BCUT2D eigenvalue weighted by molar-refractivity contribution is 7.92. The Labute approximate surface area is 142 Å². The summed E-state index contributed by atoms with van der Waals surface area (Å²) in [5.41, 5.74) is 2.29. The van der Waals surface area contributed by atoms with Crippen LogP contribution in [0.3, 0.4) is 0 Å². The number of pyridine rings is 1. The number of aryl methyl sites for hydroxylation is 1. The molecule has 0 saturated heterocycles. The van der Waals surface area contributed by atoms with E-state index < -0.39 is 10.0 Å². The molecule has 1 aromatic heterocycles. The first-order valence-electron chi connectivity index (χ1n) is 7.60. The first-order valence-corrected chi connectivity index (χ1v) is 9.45. The van der Waals surface area contributed by atoms with E-state index in [4.69, 9.17) is 0 Å². The van der Waals surface area contributed by atoms with Crippen LogP contribution in [0.1, 0.15) is 18.4 Å². The van der Waals surface area contributed by atoms with Crippen LogP contribution in [0, 0.1) is 6.92 Å². The van der Waals surface area contributed by atoms with Crippen LogP contribution in [0.25, 0.3) is 0 Å². The quantitative estimate of drug-likeness (QED) is 0.835. The summed E-state index contributed by atoms with van der Waals surface area (Å²) in [4.78, 5) is 15.8. The van der Waals surface area contributed by atoms with Gasteiger partial charge in [0.05, 0.1) is 23.8 Å². The minimum absolute atomic E-state index is 0.166. The van der Waals surface area contributed by atoms with Gasteiger partial charge in [0.15, 0.2) is 0 Å². The number of rotatable bonds is 7. The molecule has 0 aliphatic heterocycles. The Morgan fingerprint density at radius 3 is 2.50 bits per heavy atom. The number of nitrogens with zero attached hydrogens (tertiary/aromatic N) is 2. The second kappa shape index (κ2) is 7.92. The molecule has 0 saturated carbocycles. The number of sulfonamides is 1. The minimum Gasteiger partial charge on any atom is -0.325 e. The number of aromatic nitrogens is 1. The Hall–Kier alpha value is -2.41. The van der Waals surface area contributed by atoms with E-state index in [-0.39, 0.29) is 18.9 Å². The molecule has 0 spiro atoms. The third kappa shape index (κ3) is 5.34. The lowest BCUT2D eigenvalue weighted by atomic mass is 10.2. The van der Waals surface area contributed by atoms with Gasteiger partial charge in [-0.3, -0.25) is 14.1 Å². The summed E-state index contributed by atoms with van der Waals surface area (Å²) in [7, 11) is -3.40. The van der Waals surface area contributed by atoms with Crippen LogP contribution < -0.4 is 9.62 Å². The van der Waals surface area contributed by atoms with Gasteiger partial charge < -0.3 is 5.32 Å². The van der Waals surface area contributed by atoms with Gasteiger partial charge >= 0.3 is 0 Å². The van der Waals surface area contributed by atoms with Crippen LogP contribution in [0.2, 0.25) is 0 Å². The maximum atomic E-state index is 12.0. The second-order valence-corrected chi connectivity index (χ2v) is 7.47. The predicted octanol–water partition coefficient (Wildman–Crippen LogP) is 2.57. The molecule has 0 radical (unpaired) electrons. The molecule has 7 heteroatoms. The number of carbonyl (C=O) groups is 1. The zero-order valence-corrected chi connectivity index (χ0v) is 14.6. The highest BCUT2D eigenvalue weighted by Gasteiger charge is 2.17. The van der Waals surface area contributed by atoms with Crippen LogP contribution in [-0.4, -0.2) is 32.1 Å². The van der Waals surface area contributed by atoms with Crippen molar-refractivity contribution in [3.8, 4) is 0 Å². The highest BCUT2D eigenvalue weighted by atomic mass is 32.2. The zero-order chi connectivity index (χ0) is 17.6. The van der Waals surface area contributed by atoms with Crippen molar-refractivity contribution < 1.29 is 13.2 Å². The molecule has 0 bridgehead atoms. The van der Waals surface area contributed by atoms with Gasteiger partial charge in [0.2, 0.25) is 15.9 Å². The van der Waals surface area contributed by atoms with E-state index in [1.54, 1.807) is 36.7 Å². The molecule has 24 heavy (non-hydrogen) atoms. The number of hydrogen-bond donors (Lipinski definition) is 1. The van der Waals surface area contributed by atoms with Gasteiger partial charge in [-0.1, -0.05) is 17.7 Å². The fraction of sp³-hybridized carbons (Fsp3) is 0.294. The maximum Gasteiger partial charge on any atom is 0.232 e. The molecule has 6 nitrogen and oxygen atoms in total. The van der Waals surface area contributed by atoms with Crippen molar-refractivity contribution in [3.05, 3.63) is 54.4 Å². The monoisotopic (exact) mass is 347 g/mol. The molecule has 2 rings (SSSR count). The number of hydrogen-bond acceptors (Lipinski definition) is 4. The van der Waals surface area contributed by atoms with E-state index in [1.165, 1.54) is 10.6 Å². The molecule has 0 fully saturated rings. The molecule has 128 valence electrons. The van der Waals surface area contributed by atoms with Crippen molar-refractivity contribution in [2.75, 3.05) is 22.4 Å². The second-order valence-electron chi connectivity index (χ2n) is 5.56. The number of anilines is 2. The Morgan fingerprint density at radius 2 is 1.92 bits per heavy atom. The van der Waals surface area contributed by atoms with Crippen molar-refractivity contribution in [1.82, 2.24) is 4.98 Å². The average molecular weight is 347 g/mol. The third-order valence-electron chi connectivity index (χ3n) is 3.43. The number of amides is 1. The van der Waals surface area contributed by atoms with Crippen molar-refractivity contribution in [2.24, 2.45) is 0 Å². The number of carbonyl (C=O) groups excluding carboxylic acids is 1. The van der Waals surface area contributed by atoms with E-state index in [2.05, 4.69) is 10.3 Å². The maximum absolute atomic E-state index is 12.0. The number of nitrogens with one attached hydrogen (secondary N) is 1. The van der Waals surface area contributed by atoms with Gasteiger partial charge in [0.25, 0.3) is 0 Å². The van der Waals surface area contributed by atoms with Gasteiger partial charge in [-0.15, -0.1) is 0 Å². The summed E-state index contributed by atoms with van der Waals surface area (Å²) >= 11 is 0. The predicted molar refractivity (Wildman–Crippen MR) is 95.5 cm³/mol. The van der Waals surface area contributed by atoms with Crippen molar-refractivity contribution in [1.29, 1.82) is 0 Å². The SMILES string of the molecule is Cc1ccc(N(CCCC(=O)Nc2cccnc2)S(C)(=O)=O)cc1. The summed E-state index contributed by atoms with van der Waals surface area (Å²) in [6.07, 6.45) is 5.01. The largest absolute Gasteiger partial charge is 0.325 e. The highest BCUT2D eigenvalue weighted by Crippen LogP contribution is 2.19. The van der Waals surface area contributed by atoms with Crippen molar-refractivity contribution in [3.63, 3.8) is 0 Å². The molecule has 0 unspecified atom stereocenters. The van der Waals surface area contributed by atoms with Crippen LogP contribution in [0.5, 0.6) is 0 Å². The Morgan fingerprint density at radius 1 is 1.21 bits per heavy atom.